The Hall–Kier alpha value is -3.79. The average molecular weight is 524 g/mol. The SMILES string of the molecule is Cn1nnnc1S(=O)(=O)c1sc(NC(=O)Nc2ccc(F)cc2C(=O)C2CCCC2)nc1C(=O)O. The van der Waals surface area contributed by atoms with Crippen molar-refractivity contribution in [3.8, 4) is 0 Å². The van der Waals surface area contributed by atoms with Gasteiger partial charge in [-0.15, -0.1) is 0 Å². The molecule has 184 valence electrons. The molecule has 1 aliphatic rings. The van der Waals surface area contributed by atoms with Gasteiger partial charge in [0.25, 0.3) is 15.0 Å². The summed E-state index contributed by atoms with van der Waals surface area (Å²) < 4.78 is 39.7. The van der Waals surface area contributed by atoms with Crippen molar-refractivity contribution in [2.24, 2.45) is 13.0 Å². The number of tetrazole rings is 1. The number of amides is 2. The number of anilines is 2. The molecule has 2 aromatic heterocycles. The number of aromatic nitrogens is 5. The van der Waals surface area contributed by atoms with Crippen LogP contribution in [0.25, 0.3) is 0 Å². The predicted molar refractivity (Wildman–Crippen MR) is 119 cm³/mol. The minimum absolute atomic E-state index is 0.00969. The molecule has 3 aromatic rings. The second-order valence-corrected chi connectivity index (χ2v) is 10.7. The van der Waals surface area contributed by atoms with Crippen molar-refractivity contribution in [2.75, 3.05) is 10.6 Å². The number of carbonyl (C=O) groups excluding carboxylic acids is 2. The number of benzene rings is 1. The highest BCUT2D eigenvalue weighted by atomic mass is 32.2. The van der Waals surface area contributed by atoms with Gasteiger partial charge in [-0.05, 0) is 41.5 Å². The number of carboxylic acid groups (broad SMARTS) is 1. The summed E-state index contributed by atoms with van der Waals surface area (Å²) in [6.45, 7) is 0. The summed E-state index contributed by atoms with van der Waals surface area (Å²) in [5.74, 6) is -2.84. The number of carbonyl (C=O) groups is 3. The number of aryl methyl sites for hydroxylation is 1. The van der Waals surface area contributed by atoms with Crippen LogP contribution in [0.4, 0.5) is 20.0 Å². The number of hydrogen-bond acceptors (Lipinski definition) is 10. The Labute approximate surface area is 201 Å². The van der Waals surface area contributed by atoms with Crippen LogP contribution in [0.3, 0.4) is 0 Å². The van der Waals surface area contributed by atoms with Gasteiger partial charge < -0.3 is 10.4 Å². The van der Waals surface area contributed by atoms with E-state index in [0.717, 1.165) is 29.7 Å². The number of carboxylic acids is 1. The van der Waals surface area contributed by atoms with Gasteiger partial charge in [0.05, 0.1) is 5.69 Å². The fourth-order valence-electron chi connectivity index (χ4n) is 3.70. The number of urea groups is 1. The van der Waals surface area contributed by atoms with Crippen molar-refractivity contribution in [3.05, 3.63) is 35.3 Å². The lowest BCUT2D eigenvalue weighted by Crippen LogP contribution is -2.22. The standard InChI is InChI=1S/C19H18FN7O6S2/c1-27-19(24-25-26-27)35(32,33)16-13(15(29)30)22-18(34-16)23-17(31)21-12-7-6-10(20)8-11(12)14(28)9-4-2-3-5-9/h6-9H,2-5H2,1H3,(H,29,30)(H2,21,22,23,31). The molecule has 0 aliphatic heterocycles. The van der Waals surface area contributed by atoms with E-state index in [1.54, 1.807) is 0 Å². The number of ketones is 1. The molecule has 0 radical (unpaired) electrons. The first-order valence-electron chi connectivity index (χ1n) is 10.2. The largest absolute Gasteiger partial charge is 0.476 e. The normalized spacial score (nSPS) is 14.1. The number of hydrogen-bond donors (Lipinski definition) is 3. The van der Waals surface area contributed by atoms with Gasteiger partial charge in [-0.3, -0.25) is 10.1 Å². The zero-order valence-corrected chi connectivity index (χ0v) is 19.7. The molecule has 2 heterocycles. The second kappa shape index (κ2) is 9.46. The second-order valence-electron chi connectivity index (χ2n) is 7.66. The highest BCUT2D eigenvalue weighted by Gasteiger charge is 2.34. The van der Waals surface area contributed by atoms with E-state index < -0.39 is 42.7 Å². The van der Waals surface area contributed by atoms with Crippen molar-refractivity contribution in [1.29, 1.82) is 0 Å². The fourth-order valence-corrected chi connectivity index (χ4v) is 6.36. The minimum Gasteiger partial charge on any atom is -0.476 e. The number of nitrogens with zero attached hydrogens (tertiary/aromatic N) is 5. The molecule has 35 heavy (non-hydrogen) atoms. The fraction of sp³-hybridized carbons (Fsp3) is 0.316. The van der Waals surface area contributed by atoms with Crippen LogP contribution < -0.4 is 10.6 Å². The molecule has 0 bridgehead atoms. The van der Waals surface area contributed by atoms with Gasteiger partial charge in [0.1, 0.15) is 5.82 Å². The Kier molecular flexibility index (Phi) is 6.58. The van der Waals surface area contributed by atoms with E-state index in [1.807, 2.05) is 0 Å². The van der Waals surface area contributed by atoms with E-state index >= 15 is 0 Å². The molecule has 0 unspecified atom stereocenters. The summed E-state index contributed by atoms with van der Waals surface area (Å²) in [7, 11) is -3.21. The zero-order valence-electron chi connectivity index (χ0n) is 18.1. The van der Waals surface area contributed by atoms with Crippen LogP contribution in [0.5, 0.6) is 0 Å². The topological polar surface area (TPSA) is 186 Å². The first kappa shape index (κ1) is 24.3. The lowest BCUT2D eigenvalue weighted by molar-refractivity contribution is 0.0687. The lowest BCUT2D eigenvalue weighted by atomic mass is 9.95. The Morgan fingerprint density at radius 1 is 1.20 bits per heavy atom. The van der Waals surface area contributed by atoms with Gasteiger partial charge in [-0.2, -0.15) is 0 Å². The van der Waals surface area contributed by atoms with Crippen molar-refractivity contribution >= 4 is 49.8 Å². The third-order valence-corrected chi connectivity index (χ3v) is 8.49. The van der Waals surface area contributed by atoms with Crippen LogP contribution in [-0.2, 0) is 16.9 Å². The quantitative estimate of drug-likeness (QED) is 0.388. The number of thiazole rings is 1. The number of nitrogens with one attached hydrogen (secondary N) is 2. The predicted octanol–water partition coefficient (Wildman–Crippen LogP) is 2.35. The minimum atomic E-state index is -4.46. The molecule has 0 spiro atoms. The van der Waals surface area contributed by atoms with Crippen LogP contribution in [0.15, 0.2) is 27.6 Å². The van der Waals surface area contributed by atoms with Crippen molar-refractivity contribution in [3.63, 3.8) is 0 Å². The lowest BCUT2D eigenvalue weighted by Gasteiger charge is -2.14. The Balaban J connectivity index is 1.59. The van der Waals surface area contributed by atoms with Crippen LogP contribution in [0.2, 0.25) is 0 Å². The van der Waals surface area contributed by atoms with Gasteiger partial charge in [0.2, 0.25) is 0 Å². The van der Waals surface area contributed by atoms with E-state index in [1.165, 1.54) is 13.1 Å². The van der Waals surface area contributed by atoms with Gasteiger partial charge in [-0.1, -0.05) is 29.3 Å². The Bertz CT molecular complexity index is 1430. The monoisotopic (exact) mass is 523 g/mol. The molecule has 4 rings (SSSR count). The summed E-state index contributed by atoms with van der Waals surface area (Å²) in [6, 6.07) is 2.42. The average Bonchev–Trinajstić information content (AvgIpc) is 3.55. The van der Waals surface area contributed by atoms with E-state index in [4.69, 9.17) is 0 Å². The summed E-state index contributed by atoms with van der Waals surface area (Å²) >= 11 is 0.386. The van der Waals surface area contributed by atoms with E-state index in [0.29, 0.717) is 24.2 Å². The van der Waals surface area contributed by atoms with Gasteiger partial charge in [0, 0.05) is 18.5 Å². The number of sulfone groups is 1. The number of halogens is 1. The summed E-state index contributed by atoms with van der Waals surface area (Å²) in [6.07, 6.45) is 3.13. The first-order chi connectivity index (χ1) is 16.6. The number of aromatic carboxylic acids is 1. The zero-order chi connectivity index (χ0) is 25.3. The van der Waals surface area contributed by atoms with Gasteiger partial charge in [-0.25, -0.2) is 32.1 Å². The maximum Gasteiger partial charge on any atom is 0.356 e. The van der Waals surface area contributed by atoms with Gasteiger partial charge >= 0.3 is 12.0 Å². The van der Waals surface area contributed by atoms with Crippen LogP contribution in [-0.4, -0.2) is 56.5 Å². The molecule has 1 fully saturated rings. The summed E-state index contributed by atoms with van der Waals surface area (Å²) in [4.78, 5) is 40.7. The van der Waals surface area contributed by atoms with E-state index in [-0.39, 0.29) is 28.1 Å². The summed E-state index contributed by atoms with van der Waals surface area (Å²) in [5.41, 5.74) is -0.767. The molecule has 2 amide bonds. The van der Waals surface area contributed by atoms with Crippen LogP contribution >= 0.6 is 11.3 Å². The van der Waals surface area contributed by atoms with Crippen molar-refractivity contribution < 1.29 is 32.3 Å². The third kappa shape index (κ3) is 4.88. The summed E-state index contributed by atoms with van der Waals surface area (Å²) in [5, 5.41) is 23.2. The molecule has 1 saturated carbocycles. The van der Waals surface area contributed by atoms with Crippen molar-refractivity contribution in [2.45, 2.75) is 35.0 Å². The molecule has 16 heteroatoms. The Morgan fingerprint density at radius 2 is 1.91 bits per heavy atom. The van der Waals surface area contributed by atoms with Crippen molar-refractivity contribution in [1.82, 2.24) is 25.2 Å². The molecule has 3 N–H and O–H groups in total. The maximum absolute atomic E-state index is 13.8. The highest BCUT2D eigenvalue weighted by Crippen LogP contribution is 2.33. The molecular formula is C19H18FN7O6S2. The number of Topliss-reactive ketones (excluding diaryl/α,β-unsaturated/α-hetero) is 1. The molecule has 1 aliphatic carbocycles. The van der Waals surface area contributed by atoms with E-state index in [2.05, 4.69) is 31.1 Å². The van der Waals surface area contributed by atoms with Crippen LogP contribution in [0, 0.1) is 11.7 Å². The van der Waals surface area contributed by atoms with E-state index in [9.17, 15) is 32.3 Å². The molecule has 0 atom stereocenters. The van der Waals surface area contributed by atoms with Crippen LogP contribution in [0.1, 0.15) is 46.5 Å². The smallest absolute Gasteiger partial charge is 0.356 e. The first-order valence-corrected chi connectivity index (χ1v) is 12.5. The molecular weight excluding hydrogens is 505 g/mol. The molecule has 1 aromatic carbocycles. The third-order valence-electron chi connectivity index (χ3n) is 5.31. The maximum atomic E-state index is 13.8. The number of rotatable bonds is 7. The highest BCUT2D eigenvalue weighted by molar-refractivity contribution is 7.93. The molecule has 0 saturated heterocycles. The Morgan fingerprint density at radius 3 is 2.54 bits per heavy atom. The van der Waals surface area contributed by atoms with Gasteiger partial charge in [0.15, 0.2) is 20.8 Å². The molecule has 13 nitrogen and oxygen atoms in total.